The lowest BCUT2D eigenvalue weighted by atomic mass is 9.90. The van der Waals surface area contributed by atoms with Crippen LogP contribution in [-0.4, -0.2) is 41.0 Å². The van der Waals surface area contributed by atoms with Gasteiger partial charge in [0.25, 0.3) is 5.91 Å². The van der Waals surface area contributed by atoms with Gasteiger partial charge in [-0.2, -0.15) is 0 Å². The number of amides is 2. The molecule has 0 saturated carbocycles. The summed E-state index contributed by atoms with van der Waals surface area (Å²) in [6, 6.07) is 14.9. The average Bonchev–Trinajstić information content (AvgIpc) is 3.35. The molecule has 3 atom stereocenters. The molecule has 5 nitrogen and oxygen atoms in total. The fraction of sp³-hybridized carbons (Fsp3) is 0.364. The smallest absolute Gasteiger partial charge is 0.253 e. The second-order valence-electron chi connectivity index (χ2n) is 7.68. The van der Waals surface area contributed by atoms with E-state index in [1.54, 1.807) is 0 Å². The molecule has 0 aromatic heterocycles. The molecule has 2 aromatic rings. The van der Waals surface area contributed by atoms with Crippen molar-refractivity contribution in [3.05, 3.63) is 64.7 Å². The van der Waals surface area contributed by atoms with E-state index in [0.29, 0.717) is 10.7 Å². The van der Waals surface area contributed by atoms with E-state index in [9.17, 15) is 9.59 Å². The first-order chi connectivity index (χ1) is 13.6. The van der Waals surface area contributed by atoms with Crippen LogP contribution in [-0.2, 0) is 16.0 Å². The van der Waals surface area contributed by atoms with Crippen LogP contribution in [0.5, 0.6) is 0 Å². The quantitative estimate of drug-likeness (QED) is 0.747. The maximum absolute atomic E-state index is 13.5. The Morgan fingerprint density at radius 3 is 2.18 bits per heavy atom. The minimum absolute atomic E-state index is 0.103. The molecule has 144 valence electrons. The molecule has 3 aliphatic heterocycles. The summed E-state index contributed by atoms with van der Waals surface area (Å²) in [5, 5.41) is 5.00. The predicted molar refractivity (Wildman–Crippen MR) is 108 cm³/mol. The van der Waals surface area contributed by atoms with Gasteiger partial charge in [0.15, 0.2) is 0 Å². The van der Waals surface area contributed by atoms with Crippen molar-refractivity contribution in [3.63, 3.8) is 0 Å². The molecular formula is C22H22ClN3O2. The van der Waals surface area contributed by atoms with Crippen molar-refractivity contribution < 1.29 is 9.59 Å². The van der Waals surface area contributed by atoms with Gasteiger partial charge in [-0.3, -0.25) is 9.59 Å². The number of hydrogen-bond acceptors (Lipinski definition) is 4. The number of hydrazine groups is 1. The third-order valence-electron chi connectivity index (χ3n) is 6.22. The van der Waals surface area contributed by atoms with Gasteiger partial charge in [-0.05, 0) is 48.2 Å². The normalized spacial score (nSPS) is 27.5. The van der Waals surface area contributed by atoms with Crippen molar-refractivity contribution in [2.45, 2.75) is 31.8 Å². The second kappa shape index (κ2) is 6.69. The second-order valence-corrected chi connectivity index (χ2v) is 8.12. The van der Waals surface area contributed by atoms with E-state index in [-0.39, 0.29) is 23.8 Å². The summed E-state index contributed by atoms with van der Waals surface area (Å²) in [5.41, 5.74) is 2.89. The van der Waals surface area contributed by atoms with Crippen LogP contribution >= 0.6 is 11.6 Å². The molecule has 6 heteroatoms. The predicted octanol–water partition coefficient (Wildman–Crippen LogP) is 3.44. The van der Waals surface area contributed by atoms with Crippen molar-refractivity contribution >= 4 is 29.1 Å². The molecule has 0 aliphatic carbocycles. The van der Waals surface area contributed by atoms with Crippen LogP contribution in [0, 0.1) is 5.92 Å². The number of rotatable bonds is 3. The molecule has 2 aromatic carbocycles. The van der Waals surface area contributed by atoms with E-state index in [1.807, 2.05) is 48.5 Å². The number of anilines is 1. The molecule has 0 radical (unpaired) electrons. The molecule has 3 fully saturated rings. The molecule has 3 heterocycles. The largest absolute Gasteiger partial charge is 0.274 e. The van der Waals surface area contributed by atoms with Crippen LogP contribution in [0.2, 0.25) is 5.02 Å². The molecule has 0 bridgehead atoms. The first kappa shape index (κ1) is 17.9. The average molecular weight is 396 g/mol. The van der Waals surface area contributed by atoms with Gasteiger partial charge < -0.3 is 0 Å². The molecule has 0 unspecified atom stereocenters. The number of carbonyl (C=O) groups is 2. The monoisotopic (exact) mass is 395 g/mol. The van der Waals surface area contributed by atoms with Crippen LogP contribution in [0.4, 0.5) is 5.69 Å². The Kier molecular flexibility index (Phi) is 4.27. The maximum atomic E-state index is 13.5. The van der Waals surface area contributed by atoms with Gasteiger partial charge in [0, 0.05) is 18.1 Å². The van der Waals surface area contributed by atoms with Gasteiger partial charge in [0.1, 0.15) is 6.04 Å². The molecule has 2 amide bonds. The molecule has 0 spiro atoms. The number of halogens is 1. The number of carbonyl (C=O) groups excluding carboxylic acids is 2. The highest BCUT2D eigenvalue weighted by Crippen LogP contribution is 2.48. The highest BCUT2D eigenvalue weighted by molar-refractivity contribution is 6.30. The van der Waals surface area contributed by atoms with Crippen molar-refractivity contribution in [2.24, 2.45) is 5.92 Å². The van der Waals surface area contributed by atoms with Crippen molar-refractivity contribution in [1.29, 1.82) is 0 Å². The number of nitrogens with zero attached hydrogens (tertiary/aromatic N) is 3. The van der Waals surface area contributed by atoms with Crippen LogP contribution in [0.3, 0.4) is 0 Å². The summed E-state index contributed by atoms with van der Waals surface area (Å²) in [4.78, 5) is 28.2. The van der Waals surface area contributed by atoms with Gasteiger partial charge in [-0.15, -0.1) is 0 Å². The Bertz CT molecular complexity index is 928. The zero-order chi connectivity index (χ0) is 19.4. The molecule has 3 aliphatic rings. The third-order valence-corrected chi connectivity index (χ3v) is 6.47. The Labute approximate surface area is 169 Å². The third kappa shape index (κ3) is 2.54. The lowest BCUT2D eigenvalue weighted by Crippen LogP contribution is -2.44. The fourth-order valence-corrected chi connectivity index (χ4v) is 5.03. The van der Waals surface area contributed by atoms with Crippen LogP contribution in [0.1, 0.15) is 30.5 Å². The number of aryl methyl sites for hydroxylation is 1. The Morgan fingerprint density at radius 2 is 1.54 bits per heavy atom. The first-order valence-corrected chi connectivity index (χ1v) is 10.2. The summed E-state index contributed by atoms with van der Waals surface area (Å²) in [6.45, 7) is 3.77. The Morgan fingerprint density at radius 1 is 0.893 bits per heavy atom. The van der Waals surface area contributed by atoms with Gasteiger partial charge in [-0.25, -0.2) is 14.9 Å². The van der Waals surface area contributed by atoms with Crippen LogP contribution in [0.15, 0.2) is 48.5 Å². The van der Waals surface area contributed by atoms with Crippen LogP contribution < -0.4 is 4.90 Å². The van der Waals surface area contributed by atoms with E-state index >= 15 is 0 Å². The topological polar surface area (TPSA) is 43.9 Å². The summed E-state index contributed by atoms with van der Waals surface area (Å²) >= 11 is 6.07. The van der Waals surface area contributed by atoms with E-state index in [2.05, 4.69) is 16.9 Å². The van der Waals surface area contributed by atoms with Crippen molar-refractivity contribution in [3.8, 4) is 0 Å². The van der Waals surface area contributed by atoms with Crippen molar-refractivity contribution in [1.82, 2.24) is 10.0 Å². The Balaban J connectivity index is 1.55. The summed E-state index contributed by atoms with van der Waals surface area (Å²) < 4.78 is 0. The number of imide groups is 1. The highest BCUT2D eigenvalue weighted by Gasteiger charge is 2.62. The summed E-state index contributed by atoms with van der Waals surface area (Å²) in [5.74, 6) is -0.601. The molecular weight excluding hydrogens is 374 g/mol. The SMILES string of the molecule is CCc1ccc(N2C(=O)[C@H]3[C@@H](C2=O)N2CCCN2[C@@H]3c2ccc(Cl)cc2)cc1. The molecule has 28 heavy (non-hydrogen) atoms. The van der Waals surface area contributed by atoms with Gasteiger partial charge in [-0.1, -0.05) is 42.8 Å². The lowest BCUT2D eigenvalue weighted by molar-refractivity contribution is -0.126. The van der Waals surface area contributed by atoms with E-state index < -0.39 is 6.04 Å². The lowest BCUT2D eigenvalue weighted by Gasteiger charge is -2.29. The standard InChI is InChI=1S/C22H22ClN3O2/c1-2-14-4-10-17(11-5-14)26-21(27)18-19(15-6-8-16(23)9-7-15)24-12-3-13-25(24)20(18)22(26)28/h4-11,18-20H,2-3,12-13H2,1H3/t18-,19-,20+/m1/s1. The summed E-state index contributed by atoms with van der Waals surface area (Å²) in [7, 11) is 0. The van der Waals surface area contributed by atoms with Crippen LogP contribution in [0.25, 0.3) is 0 Å². The Hall–Kier alpha value is -2.21. The summed E-state index contributed by atoms with van der Waals surface area (Å²) in [6.07, 6.45) is 1.93. The number of benzene rings is 2. The fourth-order valence-electron chi connectivity index (χ4n) is 4.91. The maximum Gasteiger partial charge on any atom is 0.253 e. The molecule has 0 N–H and O–H groups in total. The van der Waals surface area contributed by atoms with Gasteiger partial charge in [0.05, 0.1) is 17.6 Å². The van der Waals surface area contributed by atoms with Gasteiger partial charge >= 0.3 is 0 Å². The van der Waals surface area contributed by atoms with E-state index in [1.165, 1.54) is 10.5 Å². The van der Waals surface area contributed by atoms with Gasteiger partial charge in [0.2, 0.25) is 5.91 Å². The minimum atomic E-state index is -0.415. The zero-order valence-corrected chi connectivity index (χ0v) is 16.5. The van der Waals surface area contributed by atoms with E-state index in [0.717, 1.165) is 31.5 Å². The highest BCUT2D eigenvalue weighted by atomic mass is 35.5. The van der Waals surface area contributed by atoms with Crippen molar-refractivity contribution in [2.75, 3.05) is 18.0 Å². The van der Waals surface area contributed by atoms with E-state index in [4.69, 9.17) is 11.6 Å². The molecule has 5 rings (SSSR count). The number of hydrogen-bond donors (Lipinski definition) is 0. The number of fused-ring (bicyclic) bond motifs is 3. The first-order valence-electron chi connectivity index (χ1n) is 9.85. The minimum Gasteiger partial charge on any atom is -0.274 e. The zero-order valence-electron chi connectivity index (χ0n) is 15.7. The molecule has 3 saturated heterocycles.